The number of benzene rings is 1. The van der Waals surface area contributed by atoms with E-state index in [1.807, 2.05) is 6.92 Å². The first kappa shape index (κ1) is 14.7. The topological polar surface area (TPSA) is 67.4 Å². The van der Waals surface area contributed by atoms with Gasteiger partial charge in [0.2, 0.25) is 0 Å². The van der Waals surface area contributed by atoms with Crippen LogP contribution in [0.15, 0.2) is 18.2 Å². The van der Waals surface area contributed by atoms with E-state index in [0.717, 1.165) is 43.2 Å². The summed E-state index contributed by atoms with van der Waals surface area (Å²) in [4.78, 5) is 24.9. The van der Waals surface area contributed by atoms with Gasteiger partial charge in [-0.2, -0.15) is 0 Å². The standard InChI is InChI=1S/C18H22N2O3/c1-11-3-4-12-10-17(7-5-13(23-2)6-8-17)18(14(12)9-11)15(21)19-16(22)20-18/h3-4,9,13H,5-8,10H2,1-2H3,(H2,19,20,21,22). The van der Waals surface area contributed by atoms with E-state index in [9.17, 15) is 9.59 Å². The van der Waals surface area contributed by atoms with E-state index < -0.39 is 5.54 Å². The van der Waals surface area contributed by atoms with Gasteiger partial charge in [-0.05, 0) is 50.2 Å². The summed E-state index contributed by atoms with van der Waals surface area (Å²) in [5, 5.41) is 5.50. The van der Waals surface area contributed by atoms with Crippen LogP contribution >= 0.6 is 0 Å². The van der Waals surface area contributed by atoms with Crippen molar-refractivity contribution in [1.29, 1.82) is 0 Å². The maximum Gasteiger partial charge on any atom is 0.322 e. The Kier molecular flexibility index (Phi) is 3.07. The van der Waals surface area contributed by atoms with Gasteiger partial charge in [0.05, 0.1) is 6.10 Å². The van der Waals surface area contributed by atoms with Crippen molar-refractivity contribution in [2.75, 3.05) is 7.11 Å². The Morgan fingerprint density at radius 1 is 1.22 bits per heavy atom. The zero-order valence-corrected chi connectivity index (χ0v) is 13.6. The molecule has 1 unspecified atom stereocenters. The Hall–Kier alpha value is -1.88. The average Bonchev–Trinajstić information content (AvgIpc) is 2.97. The van der Waals surface area contributed by atoms with Gasteiger partial charge in [-0.25, -0.2) is 4.79 Å². The molecule has 2 fully saturated rings. The summed E-state index contributed by atoms with van der Waals surface area (Å²) in [6.07, 6.45) is 4.71. The Balaban J connectivity index is 1.85. The molecule has 1 aliphatic heterocycles. The highest BCUT2D eigenvalue weighted by Gasteiger charge is 2.66. The van der Waals surface area contributed by atoms with Crippen molar-refractivity contribution in [3.63, 3.8) is 0 Å². The number of fused-ring (bicyclic) bond motifs is 3. The number of ether oxygens (including phenoxy) is 1. The number of amides is 3. The SMILES string of the molecule is COC1CCC2(CC1)Cc1ccc(C)cc1C21NC(=O)NC1=O. The zero-order valence-electron chi connectivity index (χ0n) is 13.6. The van der Waals surface area contributed by atoms with E-state index >= 15 is 0 Å². The molecule has 2 spiro atoms. The van der Waals surface area contributed by atoms with Crippen molar-refractivity contribution in [3.8, 4) is 0 Å². The van der Waals surface area contributed by atoms with Gasteiger partial charge < -0.3 is 10.1 Å². The molecule has 3 aliphatic rings. The molecule has 2 aliphatic carbocycles. The quantitative estimate of drug-likeness (QED) is 0.781. The van der Waals surface area contributed by atoms with Crippen molar-refractivity contribution in [3.05, 3.63) is 34.9 Å². The van der Waals surface area contributed by atoms with Crippen molar-refractivity contribution in [2.24, 2.45) is 5.41 Å². The minimum atomic E-state index is -0.913. The smallest absolute Gasteiger partial charge is 0.322 e. The van der Waals surface area contributed by atoms with Crippen LogP contribution in [0.25, 0.3) is 0 Å². The lowest BCUT2D eigenvalue weighted by molar-refractivity contribution is -0.131. The molecule has 5 nitrogen and oxygen atoms in total. The maximum absolute atomic E-state index is 12.9. The van der Waals surface area contributed by atoms with Crippen LogP contribution in [0.1, 0.15) is 42.4 Å². The van der Waals surface area contributed by atoms with Crippen LogP contribution in [0.2, 0.25) is 0 Å². The van der Waals surface area contributed by atoms with E-state index in [1.165, 1.54) is 5.56 Å². The van der Waals surface area contributed by atoms with Gasteiger partial charge in [-0.1, -0.05) is 23.8 Å². The van der Waals surface area contributed by atoms with Gasteiger partial charge in [0, 0.05) is 12.5 Å². The summed E-state index contributed by atoms with van der Waals surface area (Å²) in [5.74, 6) is -0.192. The number of hydrogen-bond donors (Lipinski definition) is 2. The number of methoxy groups -OCH3 is 1. The lowest BCUT2D eigenvalue weighted by Gasteiger charge is -2.46. The molecular weight excluding hydrogens is 292 g/mol. The average molecular weight is 314 g/mol. The number of aryl methyl sites for hydroxylation is 1. The van der Waals surface area contributed by atoms with E-state index in [-0.39, 0.29) is 23.5 Å². The van der Waals surface area contributed by atoms with Crippen molar-refractivity contribution in [2.45, 2.75) is 50.7 Å². The first-order chi connectivity index (χ1) is 11.0. The van der Waals surface area contributed by atoms with Crippen LogP contribution in [0.5, 0.6) is 0 Å². The minimum absolute atomic E-state index is 0.192. The second-order valence-electron chi connectivity index (χ2n) is 7.21. The molecule has 0 radical (unpaired) electrons. The van der Waals surface area contributed by atoms with Crippen molar-refractivity contribution < 1.29 is 14.3 Å². The lowest BCUT2D eigenvalue weighted by Crippen LogP contribution is -2.56. The molecule has 1 aromatic rings. The molecule has 2 N–H and O–H groups in total. The molecule has 1 saturated heterocycles. The molecule has 0 aromatic heterocycles. The fourth-order valence-corrected chi connectivity index (χ4v) is 4.93. The Morgan fingerprint density at radius 2 is 1.96 bits per heavy atom. The highest BCUT2D eigenvalue weighted by molar-refractivity contribution is 6.08. The fraction of sp³-hybridized carbons (Fsp3) is 0.556. The highest BCUT2D eigenvalue weighted by Crippen LogP contribution is 2.58. The molecule has 1 saturated carbocycles. The number of rotatable bonds is 1. The fourth-order valence-electron chi connectivity index (χ4n) is 4.93. The Bertz CT molecular complexity index is 692. The maximum atomic E-state index is 12.9. The van der Waals surface area contributed by atoms with Gasteiger partial charge in [0.15, 0.2) is 5.54 Å². The zero-order chi connectivity index (χ0) is 16.2. The van der Waals surface area contributed by atoms with E-state index in [1.54, 1.807) is 7.11 Å². The molecule has 1 aromatic carbocycles. The first-order valence-electron chi connectivity index (χ1n) is 8.27. The van der Waals surface area contributed by atoms with E-state index in [0.29, 0.717) is 0 Å². The summed E-state index contributed by atoms with van der Waals surface area (Å²) in [6.45, 7) is 2.02. The molecule has 122 valence electrons. The summed E-state index contributed by atoms with van der Waals surface area (Å²) < 4.78 is 5.50. The number of hydrogen-bond acceptors (Lipinski definition) is 3. The van der Waals surface area contributed by atoms with Gasteiger partial charge in [-0.3, -0.25) is 10.1 Å². The molecule has 1 atom stereocenters. The molecular formula is C18H22N2O3. The van der Waals surface area contributed by atoms with Crippen molar-refractivity contribution in [1.82, 2.24) is 10.6 Å². The molecule has 1 heterocycles. The Labute approximate surface area is 135 Å². The molecule has 3 amide bonds. The predicted molar refractivity (Wildman–Crippen MR) is 84.9 cm³/mol. The third-order valence-corrected chi connectivity index (χ3v) is 6.09. The number of urea groups is 1. The minimum Gasteiger partial charge on any atom is -0.381 e. The second kappa shape index (κ2) is 4.81. The summed E-state index contributed by atoms with van der Waals surface area (Å²) in [7, 11) is 1.75. The molecule has 5 heteroatoms. The predicted octanol–water partition coefficient (Wildman–Crippen LogP) is 2.16. The lowest BCUT2D eigenvalue weighted by atomic mass is 9.61. The second-order valence-corrected chi connectivity index (χ2v) is 7.21. The van der Waals surface area contributed by atoms with Gasteiger partial charge in [0.1, 0.15) is 0 Å². The van der Waals surface area contributed by atoms with E-state index in [2.05, 4.69) is 28.8 Å². The highest BCUT2D eigenvalue weighted by atomic mass is 16.5. The van der Waals surface area contributed by atoms with Crippen LogP contribution in [0, 0.1) is 12.3 Å². The largest absolute Gasteiger partial charge is 0.381 e. The number of imide groups is 1. The summed E-state index contributed by atoms with van der Waals surface area (Å²) in [5.41, 5.74) is 2.12. The number of carbonyl (C=O) groups excluding carboxylic acids is 2. The van der Waals surface area contributed by atoms with Crippen LogP contribution < -0.4 is 10.6 Å². The van der Waals surface area contributed by atoms with E-state index in [4.69, 9.17) is 4.74 Å². The Morgan fingerprint density at radius 3 is 2.57 bits per heavy atom. The third-order valence-electron chi connectivity index (χ3n) is 6.09. The normalized spacial score (nSPS) is 35.5. The van der Waals surface area contributed by atoms with Gasteiger partial charge in [-0.15, -0.1) is 0 Å². The molecule has 0 bridgehead atoms. The van der Waals surface area contributed by atoms with Gasteiger partial charge >= 0.3 is 6.03 Å². The number of carbonyl (C=O) groups is 2. The molecule has 23 heavy (non-hydrogen) atoms. The summed E-state index contributed by atoms with van der Waals surface area (Å²) in [6, 6.07) is 5.89. The number of nitrogens with one attached hydrogen (secondary N) is 2. The van der Waals surface area contributed by atoms with Crippen molar-refractivity contribution >= 4 is 11.9 Å². The van der Waals surface area contributed by atoms with Gasteiger partial charge in [0.25, 0.3) is 5.91 Å². The first-order valence-corrected chi connectivity index (χ1v) is 8.27. The molecule has 4 rings (SSSR count). The van der Waals surface area contributed by atoms with Crippen LogP contribution in [-0.2, 0) is 21.5 Å². The third kappa shape index (κ3) is 1.83. The summed E-state index contributed by atoms with van der Waals surface area (Å²) >= 11 is 0. The monoisotopic (exact) mass is 314 g/mol. The van der Waals surface area contributed by atoms with Crippen LogP contribution in [0.3, 0.4) is 0 Å². The van der Waals surface area contributed by atoms with Crippen LogP contribution in [0.4, 0.5) is 4.79 Å². The van der Waals surface area contributed by atoms with Crippen LogP contribution in [-0.4, -0.2) is 25.2 Å².